The second-order valence-electron chi connectivity index (χ2n) is 7.60. The van der Waals surface area contributed by atoms with E-state index in [0.717, 1.165) is 4.90 Å². The lowest BCUT2D eigenvalue weighted by Gasteiger charge is -2.31. The van der Waals surface area contributed by atoms with Gasteiger partial charge in [-0.15, -0.1) is 0 Å². The number of hydrogen-bond acceptors (Lipinski definition) is 8. The number of benzene rings is 1. The number of carbonyl (C=O) groups is 4. The van der Waals surface area contributed by atoms with Gasteiger partial charge in [0.25, 0.3) is 11.8 Å². The molecular weight excluding hydrogens is 437 g/mol. The van der Waals surface area contributed by atoms with Gasteiger partial charge in [-0.05, 0) is 45.2 Å². The third-order valence-electron chi connectivity index (χ3n) is 4.87. The highest BCUT2D eigenvalue weighted by Gasteiger charge is 2.53. The predicted octanol–water partition coefficient (Wildman–Crippen LogP) is 3.46. The van der Waals surface area contributed by atoms with E-state index in [1.165, 1.54) is 12.1 Å². The number of carbonyl (C=O) groups excluding carboxylic acids is 4. The molecule has 0 N–H and O–H groups in total. The average molecular weight is 467 g/mol. The van der Waals surface area contributed by atoms with E-state index in [9.17, 15) is 23.7 Å². The number of esters is 1. The molecule has 0 saturated heterocycles. The van der Waals surface area contributed by atoms with Gasteiger partial charge < -0.3 is 13.8 Å². The van der Waals surface area contributed by atoms with Gasteiger partial charge in [-0.2, -0.15) is 0 Å². The molecule has 0 fully saturated rings. The SMILES string of the molecule is CCOC(=O)C(C(=O)C(CC(C)C)N1C(=O)c2ccccc2C1=O)P(=O)(OCC)OCC. The number of ether oxygens (including phenoxy) is 1. The quantitative estimate of drug-likeness (QED) is 0.199. The van der Waals surface area contributed by atoms with Gasteiger partial charge in [0.1, 0.15) is 6.04 Å². The van der Waals surface area contributed by atoms with Crippen molar-refractivity contribution in [1.82, 2.24) is 4.90 Å². The molecule has 1 heterocycles. The number of fused-ring (bicyclic) bond motifs is 1. The molecular formula is C22H30NO8P. The van der Waals surface area contributed by atoms with Crippen molar-refractivity contribution in [2.75, 3.05) is 19.8 Å². The van der Waals surface area contributed by atoms with Crippen molar-refractivity contribution >= 4 is 31.2 Å². The Labute approximate surface area is 187 Å². The van der Waals surface area contributed by atoms with Crippen molar-refractivity contribution < 1.29 is 37.5 Å². The zero-order chi connectivity index (χ0) is 24.1. The van der Waals surface area contributed by atoms with Crippen LogP contribution in [0.5, 0.6) is 0 Å². The van der Waals surface area contributed by atoms with Crippen molar-refractivity contribution in [3.8, 4) is 0 Å². The molecule has 1 aromatic carbocycles. The molecule has 0 bridgehead atoms. The van der Waals surface area contributed by atoms with E-state index in [-0.39, 0.29) is 43.3 Å². The Balaban J connectivity index is 2.58. The summed E-state index contributed by atoms with van der Waals surface area (Å²) in [5.41, 5.74) is -1.58. The standard InChI is InChI=1S/C22H30NO8P/c1-6-29-22(27)19(32(28,30-7-2)31-8-3)18(24)17(13-14(4)5)23-20(25)15-11-9-10-12-16(15)21(23)26/h9-12,14,17,19H,6-8,13H2,1-5H3. The first kappa shape index (κ1) is 25.9. The van der Waals surface area contributed by atoms with E-state index in [2.05, 4.69) is 0 Å². The van der Waals surface area contributed by atoms with Crippen LogP contribution < -0.4 is 0 Å². The molecule has 0 aromatic heterocycles. The lowest BCUT2D eigenvalue weighted by molar-refractivity contribution is -0.146. The van der Waals surface area contributed by atoms with E-state index in [1.807, 2.05) is 13.8 Å². The average Bonchev–Trinajstić information content (AvgIpc) is 2.97. The van der Waals surface area contributed by atoms with Gasteiger partial charge in [0.15, 0.2) is 5.78 Å². The van der Waals surface area contributed by atoms with Crippen LogP contribution in [0.1, 0.15) is 61.8 Å². The molecule has 176 valence electrons. The minimum Gasteiger partial charge on any atom is -0.465 e. The lowest BCUT2D eigenvalue weighted by Crippen LogP contribution is -2.51. The number of hydrogen-bond donors (Lipinski definition) is 0. The maximum atomic E-state index is 13.7. The van der Waals surface area contributed by atoms with Gasteiger partial charge in [-0.1, -0.05) is 26.0 Å². The Morgan fingerprint density at radius 2 is 1.44 bits per heavy atom. The Bertz CT molecular complexity index is 883. The first-order valence-corrected chi connectivity index (χ1v) is 12.3. The molecule has 9 nitrogen and oxygen atoms in total. The number of rotatable bonds is 12. The minimum absolute atomic E-state index is 0.0667. The third-order valence-corrected chi connectivity index (χ3v) is 7.21. The number of Topliss-reactive ketones (excluding diaryl/α,β-unsaturated/α-hetero) is 1. The highest BCUT2D eigenvalue weighted by molar-refractivity contribution is 7.57. The summed E-state index contributed by atoms with van der Waals surface area (Å²) < 4.78 is 29.1. The van der Waals surface area contributed by atoms with E-state index in [1.54, 1.807) is 32.9 Å². The van der Waals surface area contributed by atoms with Crippen LogP contribution in [-0.2, 0) is 27.9 Å². The molecule has 1 aliphatic heterocycles. The lowest BCUT2D eigenvalue weighted by atomic mass is 9.96. The van der Waals surface area contributed by atoms with E-state index in [0.29, 0.717) is 0 Å². The summed E-state index contributed by atoms with van der Waals surface area (Å²) >= 11 is 0. The number of ketones is 1. The van der Waals surface area contributed by atoms with Gasteiger partial charge in [0.2, 0.25) is 5.66 Å². The number of nitrogens with zero attached hydrogens (tertiary/aromatic N) is 1. The van der Waals surface area contributed by atoms with Crippen molar-refractivity contribution in [3.05, 3.63) is 35.4 Å². The summed E-state index contributed by atoms with van der Waals surface area (Å²) in [6, 6.07) is 4.89. The Hall–Kier alpha value is -2.35. The molecule has 2 rings (SSSR count). The third kappa shape index (κ3) is 5.17. The number of imide groups is 1. The van der Waals surface area contributed by atoms with Crippen molar-refractivity contribution in [1.29, 1.82) is 0 Å². The predicted molar refractivity (Wildman–Crippen MR) is 116 cm³/mol. The largest absolute Gasteiger partial charge is 0.465 e. The molecule has 0 radical (unpaired) electrons. The van der Waals surface area contributed by atoms with Crippen LogP contribution in [0.3, 0.4) is 0 Å². The molecule has 2 amide bonds. The fourth-order valence-electron chi connectivity index (χ4n) is 3.64. The molecule has 1 aromatic rings. The highest BCUT2D eigenvalue weighted by atomic mass is 31.2. The highest BCUT2D eigenvalue weighted by Crippen LogP contribution is 2.54. The summed E-state index contributed by atoms with van der Waals surface area (Å²) in [5, 5.41) is 0. The van der Waals surface area contributed by atoms with Crippen molar-refractivity contribution in [3.63, 3.8) is 0 Å². The zero-order valence-electron chi connectivity index (χ0n) is 19.0. The second-order valence-corrected chi connectivity index (χ2v) is 9.72. The maximum Gasteiger partial charge on any atom is 0.352 e. The summed E-state index contributed by atoms with van der Waals surface area (Å²) in [4.78, 5) is 53.5. The van der Waals surface area contributed by atoms with E-state index in [4.69, 9.17) is 13.8 Å². The van der Waals surface area contributed by atoms with Gasteiger partial charge in [-0.3, -0.25) is 28.6 Å². The van der Waals surface area contributed by atoms with E-state index >= 15 is 0 Å². The topological polar surface area (TPSA) is 116 Å². The van der Waals surface area contributed by atoms with Crippen LogP contribution in [0.2, 0.25) is 0 Å². The molecule has 0 aliphatic carbocycles. The Morgan fingerprint density at radius 1 is 0.938 bits per heavy atom. The van der Waals surface area contributed by atoms with Crippen LogP contribution in [-0.4, -0.2) is 60.0 Å². The summed E-state index contributed by atoms with van der Waals surface area (Å²) in [5.74, 6) is -3.40. The molecule has 2 atom stereocenters. The molecule has 1 aliphatic rings. The number of amides is 2. The van der Waals surface area contributed by atoms with Crippen LogP contribution in [0.4, 0.5) is 0 Å². The zero-order valence-corrected chi connectivity index (χ0v) is 19.9. The normalized spacial score (nSPS) is 15.6. The molecule has 2 unspecified atom stereocenters. The first-order valence-electron chi connectivity index (χ1n) is 10.7. The molecule has 32 heavy (non-hydrogen) atoms. The van der Waals surface area contributed by atoms with Crippen molar-refractivity contribution in [2.24, 2.45) is 5.92 Å². The first-order chi connectivity index (χ1) is 15.1. The summed E-state index contributed by atoms with van der Waals surface area (Å²) in [6.07, 6.45) is 0.0679. The molecule has 0 spiro atoms. The maximum absolute atomic E-state index is 13.7. The Morgan fingerprint density at radius 3 is 1.84 bits per heavy atom. The van der Waals surface area contributed by atoms with Crippen LogP contribution in [0.15, 0.2) is 24.3 Å². The van der Waals surface area contributed by atoms with Gasteiger partial charge in [0, 0.05) is 0 Å². The molecule has 10 heteroatoms. The summed E-state index contributed by atoms with van der Waals surface area (Å²) in [7, 11) is -4.30. The van der Waals surface area contributed by atoms with E-state index < -0.39 is 42.9 Å². The van der Waals surface area contributed by atoms with Crippen molar-refractivity contribution in [2.45, 2.75) is 52.7 Å². The molecule has 0 saturated carbocycles. The van der Waals surface area contributed by atoms with Gasteiger partial charge in [0.05, 0.1) is 30.9 Å². The Kier molecular flexibility index (Phi) is 8.89. The fraction of sp³-hybridized carbons (Fsp3) is 0.545. The van der Waals surface area contributed by atoms with Gasteiger partial charge in [-0.25, -0.2) is 0 Å². The van der Waals surface area contributed by atoms with Crippen LogP contribution >= 0.6 is 7.60 Å². The fourth-order valence-corrected chi connectivity index (χ4v) is 5.55. The minimum atomic E-state index is -4.30. The van der Waals surface area contributed by atoms with Crippen LogP contribution in [0.25, 0.3) is 0 Å². The van der Waals surface area contributed by atoms with Gasteiger partial charge >= 0.3 is 13.6 Å². The second kappa shape index (κ2) is 11.0. The summed E-state index contributed by atoms with van der Waals surface area (Å²) in [6.45, 7) is 8.03. The smallest absolute Gasteiger partial charge is 0.352 e. The monoisotopic (exact) mass is 467 g/mol. The van der Waals surface area contributed by atoms with Crippen LogP contribution in [0, 0.1) is 5.92 Å².